The maximum absolute atomic E-state index is 14.2. The number of benzene rings is 1. The molecule has 20 heavy (non-hydrogen) atoms. The van der Waals surface area contributed by atoms with Crippen molar-refractivity contribution in [1.82, 2.24) is 0 Å². The summed E-state index contributed by atoms with van der Waals surface area (Å²) in [6.07, 6.45) is 0. The number of nitrogens with two attached hydrogens (primary N) is 1. The van der Waals surface area contributed by atoms with Crippen LogP contribution in [0.3, 0.4) is 0 Å². The average Bonchev–Trinajstić information content (AvgIpc) is 2.28. The third-order valence-electron chi connectivity index (χ3n) is 2.84. The van der Waals surface area contributed by atoms with E-state index >= 15 is 0 Å². The highest BCUT2D eigenvalue weighted by molar-refractivity contribution is 5.85. The Kier molecular flexibility index (Phi) is 6.09. The van der Waals surface area contributed by atoms with Gasteiger partial charge in [-0.2, -0.15) is 8.78 Å². The van der Waals surface area contributed by atoms with Crippen molar-refractivity contribution in [2.75, 3.05) is 0 Å². The molecule has 2 nitrogen and oxygen atoms in total. The molecule has 1 aromatic rings. The molecule has 112 valence electrons. The molecule has 0 saturated carbocycles. The van der Waals surface area contributed by atoms with Gasteiger partial charge in [0.1, 0.15) is 5.82 Å². The van der Waals surface area contributed by atoms with Crippen LogP contribution in [0.25, 0.3) is 0 Å². The minimum Gasteiger partial charge on any atom is -0.372 e. The van der Waals surface area contributed by atoms with Crippen molar-refractivity contribution in [3.8, 4) is 11.8 Å². The van der Waals surface area contributed by atoms with Gasteiger partial charge in [0.2, 0.25) is 0 Å². The molecule has 0 aliphatic rings. The van der Waals surface area contributed by atoms with Crippen LogP contribution >= 0.6 is 12.4 Å². The summed E-state index contributed by atoms with van der Waals surface area (Å²) in [5.74, 6) is -0.745. The molecule has 0 bridgehead atoms. The van der Waals surface area contributed by atoms with Crippen molar-refractivity contribution in [2.45, 2.75) is 38.3 Å². The summed E-state index contributed by atoms with van der Waals surface area (Å²) in [5.41, 5.74) is 1.93. The van der Waals surface area contributed by atoms with Crippen LogP contribution in [0.4, 0.5) is 13.2 Å². The van der Waals surface area contributed by atoms with Crippen LogP contribution in [0.2, 0.25) is 0 Å². The maximum Gasteiger partial charge on any atom is 0.314 e. The quantitative estimate of drug-likeness (QED) is 0.843. The molecule has 0 aliphatic heterocycles. The standard InChI is InChI=1S/C14H16F3NO.ClH/c1-4-8-13(3,19)14(16,17)11-7-5-6-10(9(2)18)12(11)15;/h5-7,9,19H,18H2,1-3H3;1H/t9-,13-;/m1./s1. The zero-order chi connectivity index (χ0) is 14.8. The SMILES string of the molecule is CC#C[C@@](C)(O)C(F)(F)c1cccc([C@@H](C)N)c1F.Cl. The summed E-state index contributed by atoms with van der Waals surface area (Å²) in [6, 6.07) is 2.81. The van der Waals surface area contributed by atoms with Crippen molar-refractivity contribution < 1.29 is 18.3 Å². The topological polar surface area (TPSA) is 46.2 Å². The second kappa shape index (κ2) is 6.49. The molecule has 2 atom stereocenters. The van der Waals surface area contributed by atoms with Gasteiger partial charge in [0.05, 0.1) is 5.56 Å². The summed E-state index contributed by atoms with van der Waals surface area (Å²) >= 11 is 0. The fourth-order valence-electron chi connectivity index (χ4n) is 1.73. The van der Waals surface area contributed by atoms with E-state index in [1.807, 2.05) is 5.92 Å². The van der Waals surface area contributed by atoms with Crippen LogP contribution in [0, 0.1) is 17.7 Å². The summed E-state index contributed by atoms with van der Waals surface area (Å²) in [6.45, 7) is 3.66. The molecule has 0 unspecified atom stereocenters. The van der Waals surface area contributed by atoms with Gasteiger partial charge in [-0.15, -0.1) is 18.3 Å². The van der Waals surface area contributed by atoms with Crippen LogP contribution in [0.5, 0.6) is 0 Å². The van der Waals surface area contributed by atoms with Crippen LogP contribution in [0.1, 0.15) is 37.9 Å². The van der Waals surface area contributed by atoms with Gasteiger partial charge >= 0.3 is 5.92 Å². The van der Waals surface area contributed by atoms with Crippen LogP contribution in [-0.2, 0) is 5.92 Å². The first-order valence-electron chi connectivity index (χ1n) is 5.73. The molecule has 0 radical (unpaired) electrons. The highest BCUT2D eigenvalue weighted by atomic mass is 35.5. The van der Waals surface area contributed by atoms with Gasteiger partial charge in [0.25, 0.3) is 0 Å². The fourth-order valence-corrected chi connectivity index (χ4v) is 1.73. The van der Waals surface area contributed by atoms with Crippen molar-refractivity contribution in [2.24, 2.45) is 5.73 Å². The number of aliphatic hydroxyl groups is 1. The Morgan fingerprint density at radius 3 is 2.35 bits per heavy atom. The Morgan fingerprint density at radius 1 is 1.35 bits per heavy atom. The molecular formula is C14H17ClF3NO. The minimum absolute atomic E-state index is 0. The van der Waals surface area contributed by atoms with E-state index < -0.39 is 28.9 Å². The van der Waals surface area contributed by atoms with Gasteiger partial charge < -0.3 is 10.8 Å². The third kappa shape index (κ3) is 3.26. The number of hydrogen-bond donors (Lipinski definition) is 2. The highest BCUT2D eigenvalue weighted by Crippen LogP contribution is 2.40. The van der Waals surface area contributed by atoms with Crippen LogP contribution in [-0.4, -0.2) is 10.7 Å². The molecule has 0 spiro atoms. The molecule has 0 aliphatic carbocycles. The first kappa shape index (κ1) is 18.8. The molecule has 0 aromatic heterocycles. The molecule has 6 heteroatoms. The van der Waals surface area contributed by atoms with E-state index in [1.165, 1.54) is 26.0 Å². The summed E-state index contributed by atoms with van der Waals surface area (Å²) < 4.78 is 42.5. The summed E-state index contributed by atoms with van der Waals surface area (Å²) in [7, 11) is 0. The van der Waals surface area contributed by atoms with Crippen LogP contribution < -0.4 is 5.73 Å². The average molecular weight is 308 g/mol. The lowest BCUT2D eigenvalue weighted by Gasteiger charge is -2.29. The lowest BCUT2D eigenvalue weighted by atomic mass is 9.90. The largest absolute Gasteiger partial charge is 0.372 e. The Bertz CT molecular complexity index is 533. The first-order valence-corrected chi connectivity index (χ1v) is 5.73. The summed E-state index contributed by atoms with van der Waals surface area (Å²) in [4.78, 5) is 0. The van der Waals surface area contributed by atoms with E-state index in [1.54, 1.807) is 0 Å². The number of halogens is 4. The van der Waals surface area contributed by atoms with Gasteiger partial charge in [-0.1, -0.05) is 18.1 Å². The normalized spacial score (nSPS) is 15.4. The number of rotatable bonds is 3. The zero-order valence-corrected chi connectivity index (χ0v) is 12.2. The predicted octanol–water partition coefficient (Wildman–Crippen LogP) is 3.13. The Labute approximate surface area is 122 Å². The number of hydrogen-bond acceptors (Lipinski definition) is 2. The van der Waals surface area contributed by atoms with Gasteiger partial charge in [0.15, 0.2) is 5.60 Å². The van der Waals surface area contributed by atoms with Gasteiger partial charge in [-0.25, -0.2) is 4.39 Å². The molecule has 3 N–H and O–H groups in total. The fraction of sp³-hybridized carbons (Fsp3) is 0.429. The lowest BCUT2D eigenvalue weighted by Crippen LogP contribution is -2.42. The third-order valence-corrected chi connectivity index (χ3v) is 2.84. The predicted molar refractivity (Wildman–Crippen MR) is 74.2 cm³/mol. The molecule has 1 rings (SSSR count). The lowest BCUT2D eigenvalue weighted by molar-refractivity contribution is -0.148. The molecule has 1 aromatic carbocycles. The Hall–Kier alpha value is -1.22. The molecule has 0 amide bonds. The second-order valence-electron chi connectivity index (χ2n) is 4.52. The molecule has 0 heterocycles. The Balaban J connectivity index is 0.00000361. The van der Waals surface area contributed by atoms with Crippen molar-refractivity contribution in [3.05, 3.63) is 35.1 Å². The van der Waals surface area contributed by atoms with Gasteiger partial charge in [-0.3, -0.25) is 0 Å². The summed E-state index contributed by atoms with van der Waals surface area (Å²) in [5, 5.41) is 9.73. The van der Waals surface area contributed by atoms with Gasteiger partial charge in [0, 0.05) is 11.6 Å². The number of alkyl halides is 2. The maximum atomic E-state index is 14.2. The van der Waals surface area contributed by atoms with E-state index in [0.717, 1.165) is 13.0 Å². The molecule has 0 saturated heterocycles. The van der Waals surface area contributed by atoms with Crippen molar-refractivity contribution in [3.63, 3.8) is 0 Å². The Morgan fingerprint density at radius 2 is 1.90 bits per heavy atom. The van der Waals surface area contributed by atoms with E-state index in [-0.39, 0.29) is 18.0 Å². The van der Waals surface area contributed by atoms with Crippen LogP contribution in [0.15, 0.2) is 18.2 Å². The van der Waals surface area contributed by atoms with E-state index in [4.69, 9.17) is 5.73 Å². The monoisotopic (exact) mass is 307 g/mol. The minimum atomic E-state index is -3.84. The highest BCUT2D eigenvalue weighted by Gasteiger charge is 2.51. The van der Waals surface area contributed by atoms with Crippen molar-refractivity contribution in [1.29, 1.82) is 0 Å². The van der Waals surface area contributed by atoms with E-state index in [0.29, 0.717) is 0 Å². The van der Waals surface area contributed by atoms with Crippen molar-refractivity contribution >= 4 is 12.4 Å². The van der Waals surface area contributed by atoms with E-state index in [2.05, 4.69) is 5.92 Å². The van der Waals surface area contributed by atoms with E-state index in [9.17, 15) is 18.3 Å². The first-order chi connectivity index (χ1) is 8.65. The smallest absolute Gasteiger partial charge is 0.314 e. The molecular weight excluding hydrogens is 291 g/mol. The zero-order valence-electron chi connectivity index (χ0n) is 11.4. The molecule has 0 fully saturated rings. The van der Waals surface area contributed by atoms with Gasteiger partial charge in [-0.05, 0) is 26.8 Å². The second-order valence-corrected chi connectivity index (χ2v) is 4.52.